The number of benzene rings is 2. The average molecular weight is 767 g/mol. The SMILES string of the molecule is C[C@H]1C=CC(=O)[C@]2(O)C(=O)c3c(OCc4ccccc4)noc3[C@@H](N(C)C)[C@H]12.C[C@H]1C=C[C@@H](O)[C@]2(O)C(=O)c3c(OCc4ccccc4)noc3[C@@H](N(C)C)[C@H]12. The lowest BCUT2D eigenvalue weighted by molar-refractivity contribution is -0.139. The monoisotopic (exact) mass is 766 g/mol. The summed E-state index contributed by atoms with van der Waals surface area (Å²) in [5, 5.41) is 41.2. The quantitative estimate of drug-likeness (QED) is 0.171. The molecule has 2 aromatic carbocycles. The minimum Gasteiger partial charge on any atom is -0.470 e. The standard InChI is InChI=1S/C21H24N2O5.C21H22N2O5/c2*1-12-9-10-14(24)21(26)16(12)17(23(2)3)18-15(19(21)25)20(22-28-18)27-11-13-7-5-4-6-8-13/h4-10,12,14,16-17,24,26H,11H2,1-3H3;4-10,12,16-17,26H,11H2,1-3H3/t12-,14+,16-,17-,21+;12-,16-,17-,21+/m00/s1. The molecule has 8 rings (SSSR count). The number of fused-ring (bicyclic) bond motifs is 4. The van der Waals surface area contributed by atoms with Gasteiger partial charge in [-0.3, -0.25) is 24.2 Å². The zero-order chi connectivity index (χ0) is 40.1. The van der Waals surface area contributed by atoms with Crippen LogP contribution in [0.4, 0.5) is 0 Å². The molecule has 56 heavy (non-hydrogen) atoms. The molecule has 0 spiro atoms. The molecule has 4 aromatic rings. The highest BCUT2D eigenvalue weighted by atomic mass is 16.5. The number of Topliss-reactive ketones (excluding diaryl/α,β-unsaturated/α-hetero) is 2. The zero-order valence-electron chi connectivity index (χ0n) is 32.0. The summed E-state index contributed by atoms with van der Waals surface area (Å²) in [5.74, 6) is -2.81. The van der Waals surface area contributed by atoms with E-state index < -0.39 is 58.6 Å². The normalized spacial score (nSPS) is 30.3. The first-order chi connectivity index (χ1) is 26.7. The molecule has 0 amide bonds. The van der Waals surface area contributed by atoms with Crippen molar-refractivity contribution in [1.82, 2.24) is 20.1 Å². The highest BCUT2D eigenvalue weighted by Gasteiger charge is 2.64. The number of nitrogens with zero attached hydrogens (tertiary/aromatic N) is 4. The van der Waals surface area contributed by atoms with Crippen molar-refractivity contribution in [1.29, 1.82) is 0 Å². The molecule has 2 heterocycles. The van der Waals surface area contributed by atoms with Crippen molar-refractivity contribution in [2.24, 2.45) is 23.7 Å². The fourth-order valence-corrected chi connectivity index (χ4v) is 8.64. The van der Waals surface area contributed by atoms with Crippen LogP contribution in [0.3, 0.4) is 0 Å². The van der Waals surface area contributed by atoms with Gasteiger partial charge in [0, 0.05) is 11.8 Å². The lowest BCUT2D eigenvalue weighted by Gasteiger charge is -2.49. The zero-order valence-corrected chi connectivity index (χ0v) is 32.0. The summed E-state index contributed by atoms with van der Waals surface area (Å²) >= 11 is 0. The van der Waals surface area contributed by atoms with Crippen LogP contribution in [0.2, 0.25) is 0 Å². The van der Waals surface area contributed by atoms with Gasteiger partial charge in [-0.25, -0.2) is 0 Å². The van der Waals surface area contributed by atoms with Crippen molar-refractivity contribution >= 4 is 17.3 Å². The van der Waals surface area contributed by atoms with Gasteiger partial charge in [-0.15, -0.1) is 0 Å². The summed E-state index contributed by atoms with van der Waals surface area (Å²) in [6.07, 6.45) is 5.00. The smallest absolute Gasteiger partial charge is 0.265 e. The van der Waals surface area contributed by atoms with E-state index >= 15 is 0 Å². The van der Waals surface area contributed by atoms with E-state index in [0.29, 0.717) is 11.5 Å². The molecule has 0 unspecified atom stereocenters. The Morgan fingerprint density at radius 3 is 1.64 bits per heavy atom. The van der Waals surface area contributed by atoms with E-state index in [1.807, 2.05) is 119 Å². The van der Waals surface area contributed by atoms with Crippen molar-refractivity contribution < 1.29 is 48.2 Å². The molecule has 4 aliphatic rings. The molecule has 3 N–H and O–H groups in total. The summed E-state index contributed by atoms with van der Waals surface area (Å²) in [6.45, 7) is 4.18. The van der Waals surface area contributed by atoms with Crippen LogP contribution in [-0.2, 0) is 18.0 Å². The number of hydrogen-bond donors (Lipinski definition) is 3. The Kier molecular flexibility index (Phi) is 10.5. The van der Waals surface area contributed by atoms with E-state index in [1.54, 1.807) is 6.08 Å². The summed E-state index contributed by atoms with van der Waals surface area (Å²) in [4.78, 5) is 43.0. The maximum atomic E-state index is 13.3. The molecule has 14 nitrogen and oxygen atoms in total. The predicted molar refractivity (Wildman–Crippen MR) is 201 cm³/mol. The largest absolute Gasteiger partial charge is 0.470 e. The van der Waals surface area contributed by atoms with Gasteiger partial charge in [0.25, 0.3) is 11.8 Å². The third kappa shape index (κ3) is 6.31. The van der Waals surface area contributed by atoms with Crippen molar-refractivity contribution in [2.75, 3.05) is 28.2 Å². The first-order valence-electron chi connectivity index (χ1n) is 18.5. The van der Waals surface area contributed by atoms with Crippen LogP contribution in [0, 0.1) is 23.7 Å². The molecule has 9 atom stereocenters. The van der Waals surface area contributed by atoms with Crippen molar-refractivity contribution in [2.45, 2.75) is 56.5 Å². The molecule has 4 aliphatic carbocycles. The number of aromatic nitrogens is 2. The number of ether oxygens (including phenoxy) is 2. The number of aliphatic hydroxyl groups is 3. The summed E-state index contributed by atoms with van der Waals surface area (Å²) < 4.78 is 22.5. The minimum absolute atomic E-state index is 0.00224. The topological polar surface area (TPSA) is 189 Å². The van der Waals surface area contributed by atoms with Gasteiger partial charge < -0.3 is 33.8 Å². The molecule has 0 saturated carbocycles. The second-order valence-electron chi connectivity index (χ2n) is 15.4. The van der Waals surface area contributed by atoms with Crippen molar-refractivity contribution in [3.05, 3.63) is 119 Å². The Hall–Kier alpha value is -5.25. The van der Waals surface area contributed by atoms with Gasteiger partial charge in [0.05, 0.1) is 12.1 Å². The van der Waals surface area contributed by atoms with Crippen LogP contribution < -0.4 is 9.47 Å². The van der Waals surface area contributed by atoms with Gasteiger partial charge in [0.15, 0.2) is 28.5 Å². The fraction of sp³-hybridized carbons (Fsp3) is 0.405. The van der Waals surface area contributed by atoms with E-state index in [-0.39, 0.29) is 47.9 Å². The molecule has 0 saturated heterocycles. The molecule has 0 aliphatic heterocycles. The molecular weight excluding hydrogens is 720 g/mol. The van der Waals surface area contributed by atoms with Crippen molar-refractivity contribution in [3.8, 4) is 11.8 Å². The average Bonchev–Trinajstić information content (AvgIpc) is 3.81. The third-order valence-electron chi connectivity index (χ3n) is 11.4. The van der Waals surface area contributed by atoms with Crippen LogP contribution >= 0.6 is 0 Å². The van der Waals surface area contributed by atoms with E-state index in [9.17, 15) is 29.7 Å². The van der Waals surface area contributed by atoms with Crippen LogP contribution in [0.1, 0.15) is 69.3 Å². The summed E-state index contributed by atoms with van der Waals surface area (Å²) in [5.41, 5.74) is -2.16. The second kappa shape index (κ2) is 15.0. The minimum atomic E-state index is -2.16. The lowest BCUT2D eigenvalue weighted by atomic mass is 9.61. The Balaban J connectivity index is 0.000000172. The van der Waals surface area contributed by atoms with Crippen LogP contribution in [0.25, 0.3) is 0 Å². The Bertz CT molecular complexity index is 2160. The first-order valence-corrected chi connectivity index (χ1v) is 18.5. The molecule has 14 heteroatoms. The predicted octanol–water partition coefficient (Wildman–Crippen LogP) is 4.14. The maximum absolute atomic E-state index is 13.3. The molecule has 0 bridgehead atoms. The Morgan fingerprint density at radius 2 is 1.14 bits per heavy atom. The summed E-state index contributed by atoms with van der Waals surface area (Å²) in [7, 11) is 7.31. The first kappa shape index (κ1) is 39.0. The van der Waals surface area contributed by atoms with Crippen molar-refractivity contribution in [3.63, 3.8) is 0 Å². The van der Waals surface area contributed by atoms with E-state index in [1.165, 1.54) is 12.2 Å². The summed E-state index contributed by atoms with van der Waals surface area (Å²) in [6, 6.07) is 18.0. The van der Waals surface area contributed by atoms with E-state index in [4.69, 9.17) is 18.5 Å². The van der Waals surface area contributed by atoms with Crippen LogP contribution in [0.15, 0.2) is 94.0 Å². The second-order valence-corrected chi connectivity index (χ2v) is 15.4. The number of carbonyl (C=O) groups excluding carboxylic acids is 3. The lowest BCUT2D eigenvalue weighted by Crippen LogP contribution is -2.63. The molecular formula is C42H46N4O10. The van der Waals surface area contributed by atoms with Gasteiger partial charge in [0.1, 0.15) is 30.4 Å². The highest BCUT2D eigenvalue weighted by molar-refractivity contribution is 6.23. The highest BCUT2D eigenvalue weighted by Crippen LogP contribution is 2.53. The molecule has 0 fully saturated rings. The van der Waals surface area contributed by atoms with Gasteiger partial charge in [0.2, 0.25) is 11.6 Å². The van der Waals surface area contributed by atoms with Crippen LogP contribution in [-0.4, -0.2) is 98.3 Å². The Labute approximate surface area is 324 Å². The Morgan fingerprint density at radius 1 is 0.679 bits per heavy atom. The van der Waals surface area contributed by atoms with Gasteiger partial charge >= 0.3 is 0 Å². The number of aliphatic hydroxyl groups excluding tert-OH is 1. The number of carbonyl (C=O) groups is 3. The third-order valence-corrected chi connectivity index (χ3v) is 11.4. The molecule has 0 radical (unpaired) electrons. The van der Waals surface area contributed by atoms with E-state index in [2.05, 4.69) is 10.3 Å². The molecule has 294 valence electrons. The number of rotatable bonds is 8. The maximum Gasteiger partial charge on any atom is 0.265 e. The number of hydrogen-bond acceptors (Lipinski definition) is 14. The van der Waals surface area contributed by atoms with E-state index in [0.717, 1.165) is 11.1 Å². The van der Waals surface area contributed by atoms with Gasteiger partial charge in [-0.2, -0.15) is 0 Å². The molecule has 2 aromatic heterocycles. The number of allylic oxidation sites excluding steroid dienone is 2. The van der Waals surface area contributed by atoms with Gasteiger partial charge in [-0.1, -0.05) is 92.7 Å². The number of ketones is 3. The fourth-order valence-electron chi connectivity index (χ4n) is 8.64. The van der Waals surface area contributed by atoms with Crippen LogP contribution in [0.5, 0.6) is 11.8 Å². The van der Waals surface area contributed by atoms with Gasteiger partial charge in [-0.05, 0) is 67.5 Å².